The molecule has 0 aliphatic rings. The Morgan fingerprint density at radius 3 is 2.88 bits per heavy atom. The highest BCUT2D eigenvalue weighted by atomic mass is 16.3. The van der Waals surface area contributed by atoms with Gasteiger partial charge in [0, 0.05) is 6.54 Å². The molecule has 0 saturated heterocycles. The van der Waals surface area contributed by atoms with Gasteiger partial charge in [-0.2, -0.15) is 5.26 Å². The summed E-state index contributed by atoms with van der Waals surface area (Å²) in [7, 11) is 0. The van der Waals surface area contributed by atoms with Gasteiger partial charge in [-0.15, -0.1) is 0 Å². The monoisotopic (exact) mass is 229 g/mol. The summed E-state index contributed by atoms with van der Waals surface area (Å²) in [5.41, 5.74) is 2.34. The second-order valence-corrected chi connectivity index (χ2v) is 4.11. The van der Waals surface area contributed by atoms with E-state index in [4.69, 9.17) is 5.26 Å². The Kier molecular flexibility index (Phi) is 3.12. The van der Waals surface area contributed by atoms with Crippen LogP contribution in [0.25, 0.3) is 11.0 Å². The summed E-state index contributed by atoms with van der Waals surface area (Å²) in [4.78, 5) is 4.40. The van der Waals surface area contributed by atoms with Crippen molar-refractivity contribution in [2.75, 3.05) is 0 Å². The van der Waals surface area contributed by atoms with Crippen molar-refractivity contribution in [3.63, 3.8) is 0 Å². The first kappa shape index (κ1) is 11.6. The molecule has 0 amide bonds. The van der Waals surface area contributed by atoms with Crippen LogP contribution in [0, 0.1) is 11.3 Å². The quantitative estimate of drug-likeness (QED) is 0.878. The zero-order valence-corrected chi connectivity index (χ0v) is 10.0. The van der Waals surface area contributed by atoms with Crippen LogP contribution in [0.3, 0.4) is 0 Å². The smallest absolute Gasteiger partial charge is 0.138 e. The molecule has 0 bridgehead atoms. The molecule has 0 spiro atoms. The number of hydrogen-bond donors (Lipinski definition) is 1. The van der Waals surface area contributed by atoms with Gasteiger partial charge in [-0.25, -0.2) is 4.98 Å². The zero-order valence-electron chi connectivity index (χ0n) is 10.0. The number of benzene rings is 1. The lowest BCUT2D eigenvalue weighted by Gasteiger charge is -2.09. The molecular formula is C13H15N3O. The van der Waals surface area contributed by atoms with Gasteiger partial charge in [0.25, 0.3) is 0 Å². The highest BCUT2D eigenvalue weighted by molar-refractivity contribution is 5.77. The number of imidazole rings is 1. The van der Waals surface area contributed by atoms with Crippen molar-refractivity contribution in [2.45, 2.75) is 32.9 Å². The van der Waals surface area contributed by atoms with E-state index in [1.165, 1.54) is 0 Å². The van der Waals surface area contributed by atoms with E-state index < -0.39 is 6.10 Å². The largest absolute Gasteiger partial charge is 0.385 e. The Bertz CT molecular complexity index is 578. The van der Waals surface area contributed by atoms with E-state index in [1.807, 2.05) is 10.6 Å². The van der Waals surface area contributed by atoms with Gasteiger partial charge in [-0.3, -0.25) is 0 Å². The normalized spacial score (nSPS) is 12.6. The summed E-state index contributed by atoms with van der Waals surface area (Å²) in [5, 5.41) is 18.6. The molecule has 0 aliphatic heterocycles. The van der Waals surface area contributed by atoms with E-state index in [9.17, 15) is 5.11 Å². The minimum atomic E-state index is -0.598. The zero-order chi connectivity index (χ0) is 12.4. The average molecular weight is 229 g/mol. The van der Waals surface area contributed by atoms with Crippen LogP contribution < -0.4 is 0 Å². The lowest BCUT2D eigenvalue weighted by Crippen LogP contribution is -2.06. The molecule has 17 heavy (non-hydrogen) atoms. The summed E-state index contributed by atoms with van der Waals surface area (Å²) in [6.07, 6.45) is 0.380. The minimum absolute atomic E-state index is 0.593. The van der Waals surface area contributed by atoms with Gasteiger partial charge in [0.15, 0.2) is 0 Å². The summed E-state index contributed by atoms with van der Waals surface area (Å²) in [6, 6.07) is 7.53. The van der Waals surface area contributed by atoms with Gasteiger partial charge in [0.05, 0.1) is 22.7 Å². The summed E-state index contributed by atoms with van der Waals surface area (Å²) < 4.78 is 2.02. The third-order valence-electron chi connectivity index (χ3n) is 2.73. The third kappa shape index (κ3) is 2.02. The van der Waals surface area contributed by atoms with Crippen LogP contribution in [0.15, 0.2) is 18.2 Å². The first-order chi connectivity index (χ1) is 8.17. The maximum absolute atomic E-state index is 9.71. The summed E-state index contributed by atoms with van der Waals surface area (Å²) in [5.74, 6) is 0.664. The van der Waals surface area contributed by atoms with Crippen molar-refractivity contribution in [3.8, 4) is 6.07 Å². The Labute approximate surface area is 100 Å². The number of aliphatic hydroxyl groups is 1. The number of fused-ring (bicyclic) bond motifs is 1. The molecule has 1 N–H and O–H groups in total. The van der Waals surface area contributed by atoms with Gasteiger partial charge in [0.2, 0.25) is 0 Å². The standard InChI is InChI=1S/C13H15N3O/c1-3-6-16-12-5-4-10(8-14)7-11(12)15-13(16)9(2)17/h4-5,7,9,17H,3,6H2,1-2H3. The van der Waals surface area contributed by atoms with Crippen LogP contribution in [0.1, 0.15) is 37.8 Å². The maximum Gasteiger partial charge on any atom is 0.138 e. The molecule has 1 aromatic carbocycles. The molecule has 4 nitrogen and oxygen atoms in total. The second-order valence-electron chi connectivity index (χ2n) is 4.11. The van der Waals surface area contributed by atoms with Gasteiger partial charge in [-0.05, 0) is 31.5 Å². The molecule has 0 fully saturated rings. The molecule has 2 aromatic rings. The van der Waals surface area contributed by atoms with Crippen LogP contribution in [-0.4, -0.2) is 14.7 Å². The molecule has 1 aromatic heterocycles. The first-order valence-corrected chi connectivity index (χ1v) is 5.75. The maximum atomic E-state index is 9.71. The molecule has 0 aliphatic carbocycles. The van der Waals surface area contributed by atoms with Gasteiger partial charge >= 0.3 is 0 Å². The van der Waals surface area contributed by atoms with E-state index >= 15 is 0 Å². The lowest BCUT2D eigenvalue weighted by atomic mass is 10.2. The molecule has 1 heterocycles. The fraction of sp³-hybridized carbons (Fsp3) is 0.385. The van der Waals surface area contributed by atoms with Crippen LogP contribution in [-0.2, 0) is 6.54 Å². The van der Waals surface area contributed by atoms with Gasteiger partial charge < -0.3 is 9.67 Å². The molecule has 4 heteroatoms. The Morgan fingerprint density at radius 1 is 1.53 bits per heavy atom. The van der Waals surface area contributed by atoms with Crippen molar-refractivity contribution < 1.29 is 5.11 Å². The van der Waals surface area contributed by atoms with Crippen LogP contribution >= 0.6 is 0 Å². The van der Waals surface area contributed by atoms with Crippen LogP contribution in [0.4, 0.5) is 0 Å². The van der Waals surface area contributed by atoms with Crippen LogP contribution in [0.5, 0.6) is 0 Å². The number of nitriles is 1. The van der Waals surface area contributed by atoms with Crippen molar-refractivity contribution in [2.24, 2.45) is 0 Å². The number of rotatable bonds is 3. The molecule has 0 saturated carbocycles. The SMILES string of the molecule is CCCn1c(C(C)O)nc2cc(C#N)ccc21. The first-order valence-electron chi connectivity index (χ1n) is 5.75. The molecule has 88 valence electrons. The Morgan fingerprint density at radius 2 is 2.29 bits per heavy atom. The summed E-state index contributed by atoms with van der Waals surface area (Å²) in [6.45, 7) is 4.61. The number of aryl methyl sites for hydroxylation is 1. The molecular weight excluding hydrogens is 214 g/mol. The van der Waals surface area contributed by atoms with Crippen molar-refractivity contribution in [3.05, 3.63) is 29.6 Å². The topological polar surface area (TPSA) is 61.8 Å². The van der Waals surface area contributed by atoms with Crippen LogP contribution in [0.2, 0.25) is 0 Å². The fourth-order valence-corrected chi connectivity index (χ4v) is 2.00. The number of aromatic nitrogens is 2. The average Bonchev–Trinajstić information content (AvgIpc) is 2.68. The predicted octanol–water partition coefficient (Wildman–Crippen LogP) is 2.37. The molecule has 2 rings (SSSR count). The predicted molar refractivity (Wildman–Crippen MR) is 65.4 cm³/mol. The van der Waals surface area contributed by atoms with Crippen molar-refractivity contribution in [1.29, 1.82) is 5.26 Å². The minimum Gasteiger partial charge on any atom is -0.385 e. The molecule has 0 radical (unpaired) electrons. The van der Waals surface area contributed by atoms with E-state index in [0.29, 0.717) is 11.4 Å². The van der Waals surface area contributed by atoms with Crippen molar-refractivity contribution >= 4 is 11.0 Å². The highest BCUT2D eigenvalue weighted by Gasteiger charge is 2.14. The highest BCUT2D eigenvalue weighted by Crippen LogP contribution is 2.22. The fourth-order valence-electron chi connectivity index (χ4n) is 2.00. The van der Waals surface area contributed by atoms with E-state index in [0.717, 1.165) is 24.0 Å². The molecule has 1 atom stereocenters. The number of aliphatic hydroxyl groups excluding tert-OH is 1. The van der Waals surface area contributed by atoms with E-state index in [1.54, 1.807) is 19.1 Å². The molecule has 1 unspecified atom stereocenters. The lowest BCUT2D eigenvalue weighted by molar-refractivity contribution is 0.184. The van der Waals surface area contributed by atoms with Crippen molar-refractivity contribution in [1.82, 2.24) is 9.55 Å². The van der Waals surface area contributed by atoms with E-state index in [2.05, 4.69) is 18.0 Å². The number of nitrogens with zero attached hydrogens (tertiary/aromatic N) is 3. The Hall–Kier alpha value is -1.86. The summed E-state index contributed by atoms with van der Waals surface area (Å²) >= 11 is 0. The van der Waals surface area contributed by atoms with E-state index in [-0.39, 0.29) is 0 Å². The van der Waals surface area contributed by atoms with Gasteiger partial charge in [0.1, 0.15) is 11.9 Å². The second kappa shape index (κ2) is 4.56. The number of hydrogen-bond acceptors (Lipinski definition) is 3. The van der Waals surface area contributed by atoms with Gasteiger partial charge in [-0.1, -0.05) is 6.92 Å². The Balaban J connectivity index is 2.66. The third-order valence-corrected chi connectivity index (χ3v) is 2.73.